The molecular weight excluding hydrogens is 242 g/mol. The molecule has 19 heavy (non-hydrogen) atoms. The number of ether oxygens (including phenoxy) is 1. The van der Waals surface area contributed by atoms with Crippen molar-refractivity contribution in [1.29, 1.82) is 0 Å². The summed E-state index contributed by atoms with van der Waals surface area (Å²) in [5, 5.41) is 2.81. The highest BCUT2D eigenvalue weighted by Gasteiger charge is 2.16. The molecule has 0 radical (unpaired) electrons. The third kappa shape index (κ3) is 4.87. The van der Waals surface area contributed by atoms with Crippen LogP contribution >= 0.6 is 0 Å². The van der Waals surface area contributed by atoms with Crippen molar-refractivity contribution in [2.45, 2.75) is 39.7 Å². The van der Waals surface area contributed by atoms with E-state index < -0.39 is 6.10 Å². The van der Waals surface area contributed by atoms with Crippen molar-refractivity contribution < 1.29 is 9.53 Å². The zero-order valence-electron chi connectivity index (χ0n) is 11.9. The summed E-state index contributed by atoms with van der Waals surface area (Å²) in [6.07, 6.45) is 1.01. The third-order valence-electron chi connectivity index (χ3n) is 2.67. The average Bonchev–Trinajstić information content (AvgIpc) is 2.39. The smallest absolute Gasteiger partial charge is 0.260 e. The molecule has 1 unspecified atom stereocenters. The van der Waals surface area contributed by atoms with Crippen LogP contribution in [0.2, 0.25) is 0 Å². The fourth-order valence-corrected chi connectivity index (χ4v) is 1.66. The van der Waals surface area contributed by atoms with Gasteiger partial charge in [0.15, 0.2) is 6.10 Å². The van der Waals surface area contributed by atoms with Crippen molar-refractivity contribution in [2.24, 2.45) is 5.73 Å². The highest BCUT2D eigenvalue weighted by molar-refractivity contribution is 5.80. The Labute approximate surface area is 114 Å². The Morgan fingerprint density at radius 3 is 2.89 bits per heavy atom. The SMILES string of the molecule is CCCNC(=O)C(C)Oc1ccc(C)nc1CCN. The summed E-state index contributed by atoms with van der Waals surface area (Å²) in [7, 11) is 0. The minimum Gasteiger partial charge on any atom is -0.479 e. The van der Waals surface area contributed by atoms with Gasteiger partial charge in [-0.1, -0.05) is 6.92 Å². The molecule has 0 aromatic carbocycles. The highest BCUT2D eigenvalue weighted by Crippen LogP contribution is 2.18. The fourth-order valence-electron chi connectivity index (χ4n) is 1.66. The van der Waals surface area contributed by atoms with Crippen LogP contribution in [-0.4, -0.2) is 30.1 Å². The van der Waals surface area contributed by atoms with Crippen molar-refractivity contribution in [2.75, 3.05) is 13.1 Å². The first-order chi connectivity index (χ1) is 9.08. The van der Waals surface area contributed by atoms with Gasteiger partial charge in [-0.05, 0) is 38.9 Å². The lowest BCUT2D eigenvalue weighted by Gasteiger charge is -2.16. The molecule has 1 rings (SSSR count). The molecule has 5 heteroatoms. The second kappa shape index (κ2) is 7.74. The predicted molar refractivity (Wildman–Crippen MR) is 75.1 cm³/mol. The fraction of sp³-hybridized carbons (Fsp3) is 0.571. The Kier molecular flexibility index (Phi) is 6.29. The van der Waals surface area contributed by atoms with E-state index >= 15 is 0 Å². The maximum atomic E-state index is 11.8. The molecule has 0 saturated carbocycles. The number of nitrogens with two attached hydrogens (primary N) is 1. The van der Waals surface area contributed by atoms with Gasteiger partial charge in [-0.25, -0.2) is 0 Å². The van der Waals surface area contributed by atoms with Gasteiger partial charge in [0.05, 0.1) is 5.69 Å². The standard InChI is InChI=1S/C14H23N3O2/c1-4-9-16-14(18)11(3)19-13-6-5-10(2)17-12(13)7-8-15/h5-6,11H,4,7-9,15H2,1-3H3,(H,16,18). The van der Waals surface area contributed by atoms with Crippen LogP contribution in [0.4, 0.5) is 0 Å². The quantitative estimate of drug-likeness (QED) is 0.776. The first-order valence-corrected chi connectivity index (χ1v) is 6.69. The summed E-state index contributed by atoms with van der Waals surface area (Å²) >= 11 is 0. The monoisotopic (exact) mass is 265 g/mol. The molecule has 1 atom stereocenters. The van der Waals surface area contributed by atoms with Crippen LogP contribution in [0.15, 0.2) is 12.1 Å². The normalized spacial score (nSPS) is 12.0. The molecule has 1 aromatic rings. The van der Waals surface area contributed by atoms with E-state index in [1.807, 2.05) is 26.0 Å². The summed E-state index contributed by atoms with van der Waals surface area (Å²) in [6, 6.07) is 3.71. The van der Waals surface area contributed by atoms with E-state index in [4.69, 9.17) is 10.5 Å². The van der Waals surface area contributed by atoms with Crippen molar-refractivity contribution >= 4 is 5.91 Å². The molecule has 0 bridgehead atoms. The molecule has 0 aliphatic heterocycles. The summed E-state index contributed by atoms with van der Waals surface area (Å²) < 4.78 is 5.68. The van der Waals surface area contributed by atoms with Crippen LogP contribution in [-0.2, 0) is 11.2 Å². The molecule has 0 saturated heterocycles. The molecule has 0 aliphatic rings. The van der Waals surface area contributed by atoms with Gasteiger partial charge < -0.3 is 15.8 Å². The number of carbonyl (C=O) groups is 1. The second-order valence-corrected chi connectivity index (χ2v) is 4.49. The van der Waals surface area contributed by atoms with E-state index in [1.54, 1.807) is 6.92 Å². The Morgan fingerprint density at radius 2 is 2.26 bits per heavy atom. The number of nitrogens with one attached hydrogen (secondary N) is 1. The van der Waals surface area contributed by atoms with E-state index in [1.165, 1.54) is 0 Å². The molecular formula is C14H23N3O2. The summed E-state index contributed by atoms with van der Waals surface area (Å²) in [4.78, 5) is 16.2. The van der Waals surface area contributed by atoms with Crippen LogP contribution in [0.5, 0.6) is 5.75 Å². The summed E-state index contributed by atoms with van der Waals surface area (Å²) in [5.41, 5.74) is 7.28. The van der Waals surface area contributed by atoms with Gasteiger partial charge >= 0.3 is 0 Å². The predicted octanol–water partition coefficient (Wildman–Crippen LogP) is 1.18. The minimum atomic E-state index is -0.535. The number of aryl methyl sites for hydroxylation is 1. The Balaban J connectivity index is 2.72. The van der Waals surface area contributed by atoms with Gasteiger partial charge in [0, 0.05) is 18.7 Å². The Morgan fingerprint density at radius 1 is 1.53 bits per heavy atom. The van der Waals surface area contributed by atoms with Crippen LogP contribution in [0.1, 0.15) is 31.7 Å². The number of aromatic nitrogens is 1. The van der Waals surface area contributed by atoms with E-state index in [9.17, 15) is 4.79 Å². The second-order valence-electron chi connectivity index (χ2n) is 4.49. The maximum Gasteiger partial charge on any atom is 0.260 e. The molecule has 0 fully saturated rings. The number of nitrogens with zero attached hydrogens (tertiary/aromatic N) is 1. The number of amides is 1. The number of pyridine rings is 1. The molecule has 1 aromatic heterocycles. The average molecular weight is 265 g/mol. The molecule has 0 spiro atoms. The summed E-state index contributed by atoms with van der Waals surface area (Å²) in [5.74, 6) is 0.524. The van der Waals surface area contributed by atoms with E-state index in [0.717, 1.165) is 17.8 Å². The molecule has 106 valence electrons. The third-order valence-corrected chi connectivity index (χ3v) is 2.67. The molecule has 3 N–H and O–H groups in total. The van der Waals surface area contributed by atoms with Crippen molar-refractivity contribution in [1.82, 2.24) is 10.3 Å². The number of hydrogen-bond acceptors (Lipinski definition) is 4. The van der Waals surface area contributed by atoms with Gasteiger partial charge in [0.25, 0.3) is 5.91 Å². The number of hydrogen-bond donors (Lipinski definition) is 2. The molecule has 1 amide bonds. The first kappa shape index (κ1) is 15.4. The van der Waals surface area contributed by atoms with E-state index in [-0.39, 0.29) is 5.91 Å². The van der Waals surface area contributed by atoms with Crippen molar-refractivity contribution in [3.63, 3.8) is 0 Å². The lowest BCUT2D eigenvalue weighted by Crippen LogP contribution is -2.36. The first-order valence-electron chi connectivity index (χ1n) is 6.69. The maximum absolute atomic E-state index is 11.8. The van der Waals surface area contributed by atoms with E-state index in [2.05, 4.69) is 10.3 Å². The molecule has 1 heterocycles. The van der Waals surface area contributed by atoms with Crippen molar-refractivity contribution in [3.05, 3.63) is 23.5 Å². The van der Waals surface area contributed by atoms with Gasteiger partial charge in [0.2, 0.25) is 0 Å². The Hall–Kier alpha value is -1.62. The van der Waals surface area contributed by atoms with E-state index in [0.29, 0.717) is 25.3 Å². The van der Waals surface area contributed by atoms with Gasteiger partial charge in [-0.15, -0.1) is 0 Å². The zero-order chi connectivity index (χ0) is 14.3. The zero-order valence-corrected chi connectivity index (χ0v) is 11.9. The Bertz CT molecular complexity index is 421. The molecule has 0 aliphatic carbocycles. The topological polar surface area (TPSA) is 77.2 Å². The number of carbonyl (C=O) groups excluding carboxylic acids is 1. The lowest BCUT2D eigenvalue weighted by molar-refractivity contribution is -0.127. The van der Waals surface area contributed by atoms with Crippen LogP contribution < -0.4 is 15.8 Å². The van der Waals surface area contributed by atoms with Crippen LogP contribution in [0.3, 0.4) is 0 Å². The lowest BCUT2D eigenvalue weighted by atomic mass is 10.2. The van der Waals surface area contributed by atoms with Crippen LogP contribution in [0.25, 0.3) is 0 Å². The van der Waals surface area contributed by atoms with Crippen molar-refractivity contribution in [3.8, 4) is 5.75 Å². The van der Waals surface area contributed by atoms with Crippen LogP contribution in [0, 0.1) is 6.92 Å². The highest BCUT2D eigenvalue weighted by atomic mass is 16.5. The minimum absolute atomic E-state index is 0.110. The molecule has 5 nitrogen and oxygen atoms in total. The van der Waals surface area contributed by atoms with Gasteiger partial charge in [-0.2, -0.15) is 0 Å². The number of rotatable bonds is 7. The van der Waals surface area contributed by atoms with Gasteiger partial charge in [0.1, 0.15) is 5.75 Å². The summed E-state index contributed by atoms with van der Waals surface area (Å²) in [6.45, 7) is 6.82. The largest absolute Gasteiger partial charge is 0.479 e. The van der Waals surface area contributed by atoms with Gasteiger partial charge in [-0.3, -0.25) is 9.78 Å².